The molecule has 2 aliphatic carbocycles. The van der Waals surface area contributed by atoms with Gasteiger partial charge in [0.1, 0.15) is 42.7 Å². The van der Waals surface area contributed by atoms with E-state index in [1.54, 1.807) is 40.9 Å². The highest BCUT2D eigenvalue weighted by Gasteiger charge is 2.52. The molecule has 29 nitrogen and oxygen atoms in total. The van der Waals surface area contributed by atoms with Crippen molar-refractivity contribution in [1.82, 2.24) is 21.4 Å². The maximum Gasteiger partial charge on any atom is 0.411 e. The summed E-state index contributed by atoms with van der Waals surface area (Å²) in [5, 5.41) is 75.1. The zero-order chi connectivity index (χ0) is 71.2. The number of likely N-dealkylation sites (N-methyl/N-ethyl adjacent to an activating group) is 1. The second kappa shape index (κ2) is 36.5. The molecule has 0 aromatic heterocycles. The first-order valence-electron chi connectivity index (χ1n) is 31.5. The topological polar surface area (TPSA) is 401 Å². The van der Waals surface area contributed by atoms with Crippen LogP contribution in [-0.4, -0.2) is 247 Å². The fourth-order valence-corrected chi connectivity index (χ4v) is 15.9. The van der Waals surface area contributed by atoms with E-state index in [9.17, 15) is 49.5 Å². The molecule has 4 heterocycles. The van der Waals surface area contributed by atoms with Gasteiger partial charge in [0.15, 0.2) is 41.8 Å². The van der Waals surface area contributed by atoms with Crippen LogP contribution >= 0.6 is 55.9 Å². The quantitative estimate of drug-likeness (QED) is 0.0180. The van der Waals surface area contributed by atoms with E-state index in [1.807, 2.05) is 43.4 Å². The summed E-state index contributed by atoms with van der Waals surface area (Å²) in [7, 11) is 9.57. The molecular formula is C64H90IN5O24S3. The van der Waals surface area contributed by atoms with Crippen LogP contribution in [0.25, 0.3) is 0 Å². The van der Waals surface area contributed by atoms with Gasteiger partial charge in [0.05, 0.1) is 97.0 Å². The Labute approximate surface area is 589 Å². The lowest BCUT2D eigenvalue weighted by Gasteiger charge is -2.46. The van der Waals surface area contributed by atoms with Crippen molar-refractivity contribution in [3.8, 4) is 40.9 Å². The number of carboxylic acids is 1. The van der Waals surface area contributed by atoms with Gasteiger partial charge in [0, 0.05) is 61.7 Å². The first-order chi connectivity index (χ1) is 46.0. The number of thioether (sulfide) groups is 1. The van der Waals surface area contributed by atoms with Crippen molar-refractivity contribution >= 4 is 84.8 Å². The molecule has 33 heteroatoms. The number of aliphatic hydroxyl groups excluding tert-OH is 4. The van der Waals surface area contributed by atoms with E-state index in [0.29, 0.717) is 22.1 Å². The Hall–Kier alpha value is -4.39. The number of benzene rings is 1. The monoisotopic (exact) mass is 1540 g/mol. The maximum absolute atomic E-state index is 14.5. The first-order valence-corrected chi connectivity index (χ1v) is 35.8. The number of aliphatic hydroxyl groups is 5. The number of nitrogens with one attached hydrogen (secondary N) is 4. The molecule has 20 atom stereocenters. The molecule has 6 aliphatic rings. The average molecular weight is 1540 g/mol. The zero-order valence-corrected chi connectivity index (χ0v) is 60.6. The third kappa shape index (κ3) is 20.0. The zero-order valence-electron chi connectivity index (χ0n) is 56.0. The summed E-state index contributed by atoms with van der Waals surface area (Å²) in [5.74, 6) is 9.51. The number of Topliss-reactive ketones (excluding diaryl/α,β-unsaturated/α-hetero) is 1. The van der Waals surface area contributed by atoms with Crippen LogP contribution in [0.3, 0.4) is 0 Å². The van der Waals surface area contributed by atoms with Crippen LogP contribution in [0, 0.1) is 34.2 Å². The van der Waals surface area contributed by atoms with Crippen molar-refractivity contribution in [2.45, 2.75) is 213 Å². The number of hydroxylamine groups is 1. The molecule has 1 aromatic carbocycles. The number of hydrogen-bond donors (Lipinski definition) is 11. The molecule has 2 amide bonds. The summed E-state index contributed by atoms with van der Waals surface area (Å²) in [6, 6.07) is -2.52. The molecule has 4 fully saturated rings. The summed E-state index contributed by atoms with van der Waals surface area (Å²) in [5.41, 5.74) is 6.47. The van der Waals surface area contributed by atoms with E-state index in [0.717, 1.165) is 18.9 Å². The minimum atomic E-state index is -2.18. The number of ether oxygens (including phenoxy) is 12. The molecule has 0 unspecified atom stereocenters. The van der Waals surface area contributed by atoms with Gasteiger partial charge < -0.3 is 104 Å². The maximum atomic E-state index is 14.5. The Morgan fingerprint density at radius 3 is 2.27 bits per heavy atom. The summed E-state index contributed by atoms with van der Waals surface area (Å²) < 4.78 is 72.4. The number of amides is 2. The number of ketones is 1. The smallest absolute Gasteiger partial charge is 0.411 e. The molecule has 7 rings (SSSR count). The SMILES string of the molecule is CCN[C@H]1CO[C@@H](O[C@H]2[C@H](O[C@H]3C#C/C=C\C#C[C@]4(O)CC(=O)C(NC(=O)OC)=C3/C4=C\CSSC(C)(C)CCNC(=O)CC[C@H](N)C(=O)O)O[C@H](C)[C@@H](NO[C@H]3C[C@H](O)[C@H](SC(=O)c4c(C)c(I)c(O[C@@H]5O[C@@H](C)[C@H](O)[C@@H](OC)[C@H]5O)c(OC)c4OC)[C@@H](C)O3)[C@@H]2O)C[C@@H]1OC. The van der Waals surface area contributed by atoms with Crippen LogP contribution in [0.15, 0.2) is 35.1 Å². The third-order valence-electron chi connectivity index (χ3n) is 17.0. The highest BCUT2D eigenvalue weighted by atomic mass is 127. The molecule has 1 aromatic rings. The van der Waals surface area contributed by atoms with Crippen molar-refractivity contribution < 1.29 is 116 Å². The minimum Gasteiger partial charge on any atom is -0.492 e. The number of aliphatic carboxylic acids is 1. The van der Waals surface area contributed by atoms with E-state index in [1.165, 1.54) is 55.1 Å². The van der Waals surface area contributed by atoms with Crippen molar-refractivity contribution in [2.24, 2.45) is 5.73 Å². The van der Waals surface area contributed by atoms with Gasteiger partial charge in [-0.2, -0.15) is 5.48 Å². The van der Waals surface area contributed by atoms with Crippen LogP contribution in [0.1, 0.15) is 96.0 Å². The van der Waals surface area contributed by atoms with Gasteiger partial charge in [-0.05, 0) is 101 Å². The molecule has 4 aliphatic heterocycles. The van der Waals surface area contributed by atoms with Crippen LogP contribution in [0.2, 0.25) is 0 Å². The second-order valence-corrected chi connectivity index (χ2v) is 29.5. The Kier molecular flexibility index (Phi) is 30.1. The van der Waals surface area contributed by atoms with Gasteiger partial charge in [0.2, 0.25) is 23.1 Å². The molecule has 12 N–H and O–H groups in total. The number of carbonyl (C=O) groups is 5. The number of hydrogen-bond acceptors (Lipinski definition) is 29. The molecule has 540 valence electrons. The van der Waals surface area contributed by atoms with Crippen LogP contribution < -0.4 is 41.4 Å². The average Bonchev–Trinajstić information content (AvgIpc) is 0.766. The Bertz CT molecular complexity index is 3170. The van der Waals surface area contributed by atoms with Crippen molar-refractivity contribution in [3.05, 3.63) is 49.8 Å². The first kappa shape index (κ1) is 79.9. The summed E-state index contributed by atoms with van der Waals surface area (Å²) >= 11 is 2.80. The van der Waals surface area contributed by atoms with Crippen LogP contribution in [-0.2, 0) is 61.9 Å². The largest absolute Gasteiger partial charge is 0.492 e. The fraction of sp³-hybridized carbons (Fsp3) is 0.672. The predicted octanol–water partition coefficient (Wildman–Crippen LogP) is 2.40. The van der Waals surface area contributed by atoms with Crippen molar-refractivity contribution in [3.63, 3.8) is 0 Å². The third-order valence-corrected chi connectivity index (χ3v) is 22.9. The number of rotatable bonds is 29. The van der Waals surface area contributed by atoms with E-state index >= 15 is 0 Å². The Morgan fingerprint density at radius 2 is 1.61 bits per heavy atom. The molecule has 0 saturated carbocycles. The molecule has 4 saturated heterocycles. The van der Waals surface area contributed by atoms with E-state index < -0.39 is 149 Å². The molecule has 97 heavy (non-hydrogen) atoms. The van der Waals surface area contributed by atoms with Crippen LogP contribution in [0.5, 0.6) is 17.2 Å². The number of methoxy groups -OCH3 is 5. The normalized spacial score (nSPS) is 33.1. The van der Waals surface area contributed by atoms with Gasteiger partial charge >= 0.3 is 12.1 Å². The highest BCUT2D eigenvalue weighted by molar-refractivity contribution is 14.1. The summed E-state index contributed by atoms with van der Waals surface area (Å²) in [6.07, 6.45) is -14.3. The number of allylic oxidation sites excluding steroid dienone is 3. The lowest BCUT2D eigenvalue weighted by atomic mass is 9.75. The van der Waals surface area contributed by atoms with E-state index in [2.05, 4.69) is 45.1 Å². The van der Waals surface area contributed by atoms with Gasteiger partial charge in [0.25, 0.3) is 0 Å². The van der Waals surface area contributed by atoms with E-state index in [-0.39, 0.29) is 96.2 Å². The summed E-state index contributed by atoms with van der Waals surface area (Å²) in [4.78, 5) is 71.8. The predicted molar refractivity (Wildman–Crippen MR) is 363 cm³/mol. The molecule has 0 spiro atoms. The lowest BCUT2D eigenvalue weighted by Crippen LogP contribution is -2.65. The Balaban J connectivity index is 1.11. The fourth-order valence-electron chi connectivity index (χ4n) is 11.7. The standard InChI is InChI=1S/C64H90IN5O24S3/c1-13-67-36-29-87-42(27-40(36)82-8)92-55-50(75)47(70-94-43-26-37(71)57(33(5)88-43)96-59(79)44-30(2)46(65)53(56(85-11)52(44)83-9)93-60-51(76)54(84-10)49(74)32(4)90-60)31(3)89-61(55)91-39-18-16-14-15-17-22-64(81)28-38(72)48(69-62(80)86-12)45(39)34(64)21-25-95-97-63(6,7)23-24-68-41(73)20-19-35(66)58(77)78/h14-15,21,31-33,35-37,39-40,42-43,47,49-51,54-55,57,60-61,67,70-71,74-76,81H,13,19-20,23-29,66H2,1-12H3,(H,68,73)(H,69,80)(H,77,78)/b15-14-,34-21+/t31-,32+,33-,35+,36+,37+,39+,40+,42+,43+,47-,49+,50+,51-,54-,55-,57-,60+,61+,64+/m1/s1. The van der Waals surface area contributed by atoms with E-state index in [4.69, 9.17) is 72.5 Å². The van der Waals surface area contributed by atoms with Gasteiger partial charge in [-0.25, -0.2) is 4.79 Å². The highest BCUT2D eigenvalue weighted by Crippen LogP contribution is 2.49. The minimum absolute atomic E-state index is 0.00858. The molecule has 2 bridgehead atoms. The number of fused-ring (bicyclic) bond motifs is 2. The molecular weight excluding hydrogens is 1450 g/mol. The summed E-state index contributed by atoms with van der Waals surface area (Å²) in [6.45, 7) is 13.5. The molecule has 0 radical (unpaired) electrons. The number of halogens is 1. The second-order valence-electron chi connectivity index (χ2n) is 24.3. The van der Waals surface area contributed by atoms with Gasteiger partial charge in [-0.1, -0.05) is 70.0 Å². The van der Waals surface area contributed by atoms with Crippen molar-refractivity contribution in [1.29, 1.82) is 0 Å². The number of nitrogens with two attached hydrogens (primary N) is 1. The van der Waals surface area contributed by atoms with Crippen molar-refractivity contribution in [2.75, 3.05) is 61.0 Å². The van der Waals surface area contributed by atoms with Crippen LogP contribution in [0.4, 0.5) is 4.79 Å². The Morgan fingerprint density at radius 1 is 0.897 bits per heavy atom. The van der Waals surface area contributed by atoms with Gasteiger partial charge in [-0.3, -0.25) is 29.3 Å². The number of carboxylic acid groups (broad SMARTS) is 1. The van der Waals surface area contributed by atoms with Gasteiger partial charge in [-0.15, -0.1) is 0 Å². The number of carbonyl (C=O) groups excluding carboxylic acids is 4. The lowest BCUT2D eigenvalue weighted by molar-refractivity contribution is -0.336. The number of alkyl carbamates (subject to hydrolysis) is 1.